The van der Waals surface area contributed by atoms with E-state index in [1.165, 1.54) is 25.1 Å². The van der Waals surface area contributed by atoms with Gasteiger partial charge in [-0.25, -0.2) is 18.7 Å². The summed E-state index contributed by atoms with van der Waals surface area (Å²) < 4.78 is 44.2. The first-order valence-electron chi connectivity index (χ1n) is 8.84. The molecule has 0 aromatic heterocycles. The van der Waals surface area contributed by atoms with Crippen molar-refractivity contribution < 1.29 is 37.5 Å². The highest BCUT2D eigenvalue weighted by molar-refractivity contribution is 14.1. The Bertz CT molecular complexity index is 962. The van der Waals surface area contributed by atoms with Gasteiger partial charge >= 0.3 is 0 Å². The van der Waals surface area contributed by atoms with Crippen LogP contribution >= 0.6 is 22.6 Å². The third kappa shape index (κ3) is 7.14. The van der Waals surface area contributed by atoms with E-state index in [1.807, 2.05) is 28.1 Å². The molecule has 0 aliphatic carbocycles. The van der Waals surface area contributed by atoms with E-state index in [9.17, 15) is 22.8 Å². The lowest BCUT2D eigenvalue weighted by Crippen LogP contribution is -2.27. The summed E-state index contributed by atoms with van der Waals surface area (Å²) in [5.74, 6) is -4.74. The number of aliphatic hydroxyl groups excluding tert-OH is 1. The van der Waals surface area contributed by atoms with E-state index >= 15 is 0 Å². The number of carbonyl (C=O) groups excluding carboxylic acids is 2. The average molecular weight is 553 g/mol. The molecule has 0 unspecified atom stereocenters. The van der Waals surface area contributed by atoms with Gasteiger partial charge in [-0.2, -0.15) is 5.48 Å². The summed E-state index contributed by atoms with van der Waals surface area (Å²) in [5.41, 5.74) is 2.81. The van der Waals surface area contributed by atoms with Crippen LogP contribution in [0.1, 0.15) is 22.8 Å². The van der Waals surface area contributed by atoms with Gasteiger partial charge in [-0.3, -0.25) is 19.3 Å². The molecule has 0 fully saturated rings. The number of anilines is 2. The maximum absolute atomic E-state index is 14.9. The van der Waals surface area contributed by atoms with E-state index < -0.39 is 34.6 Å². The number of benzene rings is 2. The van der Waals surface area contributed by atoms with Gasteiger partial charge < -0.3 is 10.4 Å². The number of rotatable bonds is 11. The Labute approximate surface area is 189 Å². The minimum absolute atomic E-state index is 0.181. The van der Waals surface area contributed by atoms with Gasteiger partial charge in [0.25, 0.3) is 5.91 Å². The van der Waals surface area contributed by atoms with Gasteiger partial charge in [0.2, 0.25) is 0 Å². The molecule has 0 bridgehead atoms. The number of aliphatic hydroxyl groups is 1. The van der Waals surface area contributed by atoms with Crippen molar-refractivity contribution in [2.24, 2.45) is 0 Å². The second kappa shape index (κ2) is 12.0. The zero-order valence-electron chi connectivity index (χ0n) is 16.2. The molecule has 0 heterocycles. The predicted molar refractivity (Wildman–Crippen MR) is 113 cm³/mol. The van der Waals surface area contributed by atoms with Crippen LogP contribution < -0.4 is 16.3 Å². The SMILES string of the molecule is CC(=O)CONCc1cc(C(=O)NOCCO)c(Nc2ccc(I)cc2F)c(F)c1F. The van der Waals surface area contributed by atoms with Crippen molar-refractivity contribution >= 4 is 45.7 Å². The quantitative estimate of drug-likeness (QED) is 0.193. The first-order chi connectivity index (χ1) is 14.7. The smallest absolute Gasteiger partial charge is 0.277 e. The van der Waals surface area contributed by atoms with Crippen LogP contribution in [0.5, 0.6) is 0 Å². The number of hydroxylamine groups is 2. The Kier molecular flexibility index (Phi) is 9.64. The zero-order valence-corrected chi connectivity index (χ0v) is 18.4. The standard InChI is InChI=1S/C19H19F3IN3O5/c1-10(28)9-31-24-8-11-6-13(19(29)26-30-5-4-27)18(17(22)16(11)21)25-15-3-2-12(23)7-14(15)20/h2-3,6-7,24-25,27H,4-5,8-9H2,1H3,(H,26,29). The molecule has 31 heavy (non-hydrogen) atoms. The third-order valence-corrected chi connectivity index (χ3v) is 4.39. The fraction of sp³-hybridized carbons (Fsp3) is 0.263. The summed E-state index contributed by atoms with van der Waals surface area (Å²) in [6, 6.07) is 5.04. The van der Waals surface area contributed by atoms with E-state index in [-0.39, 0.29) is 43.4 Å². The lowest BCUT2D eigenvalue weighted by Gasteiger charge is -2.17. The van der Waals surface area contributed by atoms with Crippen LogP contribution in [0.2, 0.25) is 0 Å². The van der Waals surface area contributed by atoms with Gasteiger partial charge in [-0.1, -0.05) is 0 Å². The van der Waals surface area contributed by atoms with Gasteiger partial charge in [0, 0.05) is 15.7 Å². The monoisotopic (exact) mass is 553 g/mol. The Hall–Kier alpha value is -2.26. The first-order valence-corrected chi connectivity index (χ1v) is 9.92. The summed E-state index contributed by atoms with van der Waals surface area (Å²) >= 11 is 1.88. The molecule has 0 aliphatic rings. The minimum Gasteiger partial charge on any atom is -0.394 e. The number of hydrogen-bond donors (Lipinski definition) is 4. The average Bonchev–Trinajstić information content (AvgIpc) is 2.71. The molecule has 1 amide bonds. The summed E-state index contributed by atoms with van der Waals surface area (Å²) in [6.45, 7) is -0.0119. The topological polar surface area (TPSA) is 109 Å². The highest BCUT2D eigenvalue weighted by Gasteiger charge is 2.24. The van der Waals surface area contributed by atoms with Crippen molar-refractivity contribution in [1.82, 2.24) is 11.0 Å². The molecule has 0 radical (unpaired) electrons. The fourth-order valence-corrected chi connectivity index (χ4v) is 2.79. The maximum atomic E-state index is 14.9. The molecule has 0 aliphatic heterocycles. The van der Waals surface area contributed by atoms with Crippen LogP contribution in [0.3, 0.4) is 0 Å². The Morgan fingerprint density at radius 1 is 1.13 bits per heavy atom. The summed E-state index contributed by atoms with van der Waals surface area (Å²) in [7, 11) is 0. The highest BCUT2D eigenvalue weighted by atomic mass is 127. The highest BCUT2D eigenvalue weighted by Crippen LogP contribution is 2.30. The molecule has 2 rings (SSSR count). The van der Waals surface area contributed by atoms with Crippen LogP contribution in [-0.4, -0.2) is 36.6 Å². The second-order valence-electron chi connectivity index (χ2n) is 6.15. The first kappa shape index (κ1) is 25.0. The molecular formula is C19H19F3IN3O5. The molecule has 12 heteroatoms. The molecule has 8 nitrogen and oxygen atoms in total. The molecule has 0 saturated heterocycles. The fourth-order valence-electron chi connectivity index (χ4n) is 2.33. The number of Topliss-reactive ketones (excluding diaryl/α,β-unsaturated/α-hetero) is 1. The van der Waals surface area contributed by atoms with Crippen molar-refractivity contribution in [3.63, 3.8) is 0 Å². The van der Waals surface area contributed by atoms with E-state index in [0.29, 0.717) is 3.57 Å². The van der Waals surface area contributed by atoms with Crippen molar-refractivity contribution in [3.05, 3.63) is 56.4 Å². The maximum Gasteiger partial charge on any atom is 0.277 e. The number of ketones is 1. The van der Waals surface area contributed by atoms with Crippen LogP contribution in [0.15, 0.2) is 24.3 Å². The molecule has 2 aromatic carbocycles. The van der Waals surface area contributed by atoms with E-state index in [2.05, 4.69) is 10.8 Å². The Morgan fingerprint density at radius 3 is 2.52 bits per heavy atom. The number of nitrogens with one attached hydrogen (secondary N) is 3. The van der Waals surface area contributed by atoms with Crippen LogP contribution in [0, 0.1) is 21.0 Å². The molecule has 0 atom stereocenters. The van der Waals surface area contributed by atoms with Crippen molar-refractivity contribution in [1.29, 1.82) is 0 Å². The van der Waals surface area contributed by atoms with Crippen molar-refractivity contribution in [2.45, 2.75) is 13.5 Å². The predicted octanol–water partition coefficient (Wildman–Crippen LogP) is 2.72. The molecular weight excluding hydrogens is 534 g/mol. The second-order valence-corrected chi connectivity index (χ2v) is 7.40. The zero-order chi connectivity index (χ0) is 23.0. The van der Waals surface area contributed by atoms with Crippen LogP contribution in [0.25, 0.3) is 0 Å². The minimum atomic E-state index is -1.43. The van der Waals surface area contributed by atoms with Gasteiger partial charge in [-0.15, -0.1) is 0 Å². The summed E-state index contributed by atoms with van der Waals surface area (Å²) in [5, 5.41) is 11.2. The third-order valence-electron chi connectivity index (χ3n) is 3.72. The van der Waals surface area contributed by atoms with Gasteiger partial charge in [0.15, 0.2) is 17.4 Å². The number of halogens is 4. The number of amides is 1. The van der Waals surface area contributed by atoms with Gasteiger partial charge in [0.1, 0.15) is 12.4 Å². The molecule has 2 aromatic rings. The summed E-state index contributed by atoms with van der Waals surface area (Å²) in [6.07, 6.45) is 0. The van der Waals surface area contributed by atoms with Gasteiger partial charge in [0.05, 0.1) is 30.2 Å². The van der Waals surface area contributed by atoms with Crippen molar-refractivity contribution in [2.75, 3.05) is 25.1 Å². The molecule has 168 valence electrons. The molecule has 4 N–H and O–H groups in total. The van der Waals surface area contributed by atoms with Crippen LogP contribution in [-0.2, 0) is 21.0 Å². The van der Waals surface area contributed by atoms with E-state index in [4.69, 9.17) is 14.8 Å². The lowest BCUT2D eigenvalue weighted by atomic mass is 10.1. The van der Waals surface area contributed by atoms with Crippen molar-refractivity contribution in [3.8, 4) is 0 Å². The number of hydrogen-bond acceptors (Lipinski definition) is 7. The van der Waals surface area contributed by atoms with E-state index in [0.717, 1.165) is 6.07 Å². The lowest BCUT2D eigenvalue weighted by molar-refractivity contribution is -0.124. The summed E-state index contributed by atoms with van der Waals surface area (Å²) in [4.78, 5) is 32.9. The largest absolute Gasteiger partial charge is 0.394 e. The Balaban J connectivity index is 2.39. The normalized spacial score (nSPS) is 10.8. The van der Waals surface area contributed by atoms with Crippen LogP contribution in [0.4, 0.5) is 24.5 Å². The Morgan fingerprint density at radius 2 is 1.87 bits per heavy atom. The molecule has 0 spiro atoms. The number of carbonyl (C=O) groups is 2. The molecule has 0 saturated carbocycles. The van der Waals surface area contributed by atoms with Gasteiger partial charge in [-0.05, 0) is 53.8 Å². The van der Waals surface area contributed by atoms with E-state index in [1.54, 1.807) is 0 Å².